The molecule has 1 aromatic carbocycles. The van der Waals surface area contributed by atoms with E-state index >= 15 is 0 Å². The molecule has 1 aromatic rings. The first kappa shape index (κ1) is 14.6. The Morgan fingerprint density at radius 1 is 1.19 bits per heavy atom. The molecule has 2 nitrogen and oxygen atoms in total. The van der Waals surface area contributed by atoms with Gasteiger partial charge in [0.25, 0.3) is 0 Å². The number of carbonyl (C=O) groups is 1. The maximum absolute atomic E-state index is 13.3. The van der Waals surface area contributed by atoms with E-state index < -0.39 is 11.6 Å². The Labute approximate surface area is 124 Å². The molecule has 0 aromatic heterocycles. The zero-order chi connectivity index (χ0) is 15.0. The minimum atomic E-state index is -0.953. The van der Waals surface area contributed by atoms with Gasteiger partial charge in [-0.25, -0.2) is 8.78 Å². The van der Waals surface area contributed by atoms with Crippen LogP contribution in [0.3, 0.4) is 0 Å². The van der Waals surface area contributed by atoms with Crippen molar-refractivity contribution in [2.75, 3.05) is 6.54 Å². The molecular formula is C17H21F2NO. The van der Waals surface area contributed by atoms with Gasteiger partial charge in [-0.15, -0.1) is 0 Å². The Balaban J connectivity index is 1.78. The Morgan fingerprint density at radius 3 is 2.71 bits per heavy atom. The molecule has 0 radical (unpaired) electrons. The van der Waals surface area contributed by atoms with Crippen LogP contribution in [-0.2, 0) is 0 Å². The average Bonchev–Trinajstić information content (AvgIpc) is 2.97. The van der Waals surface area contributed by atoms with Crippen LogP contribution in [0.15, 0.2) is 18.2 Å². The molecule has 0 bridgehead atoms. The summed E-state index contributed by atoms with van der Waals surface area (Å²) in [4.78, 5) is 14.8. The highest BCUT2D eigenvalue weighted by Crippen LogP contribution is 2.38. The van der Waals surface area contributed by atoms with Gasteiger partial charge in [-0.2, -0.15) is 0 Å². The number of piperidine rings is 1. The number of fused-ring (bicyclic) bond motifs is 1. The number of hydrogen-bond donors (Lipinski definition) is 0. The largest absolute Gasteiger partial charge is 0.292 e. The fraction of sp³-hybridized carbons (Fsp3) is 0.588. The van der Waals surface area contributed by atoms with Crippen LogP contribution in [0.2, 0.25) is 0 Å². The molecule has 3 atom stereocenters. The lowest BCUT2D eigenvalue weighted by molar-refractivity contribution is 0.0564. The smallest absolute Gasteiger partial charge is 0.179 e. The van der Waals surface area contributed by atoms with E-state index in [1.54, 1.807) is 0 Å². The van der Waals surface area contributed by atoms with E-state index in [0.29, 0.717) is 12.0 Å². The summed E-state index contributed by atoms with van der Waals surface area (Å²) in [6.07, 6.45) is 6.02. The van der Waals surface area contributed by atoms with E-state index in [9.17, 15) is 13.6 Å². The molecule has 3 unspecified atom stereocenters. The lowest BCUT2D eigenvalue weighted by Crippen LogP contribution is -2.50. The molecule has 0 spiro atoms. The van der Waals surface area contributed by atoms with E-state index in [1.807, 2.05) is 6.92 Å². The summed E-state index contributed by atoms with van der Waals surface area (Å²) in [5.41, 5.74) is 0.265. The molecule has 114 valence electrons. The highest BCUT2D eigenvalue weighted by Gasteiger charge is 2.38. The van der Waals surface area contributed by atoms with Crippen molar-refractivity contribution in [1.82, 2.24) is 4.90 Å². The first-order valence-corrected chi connectivity index (χ1v) is 7.83. The fourth-order valence-electron chi connectivity index (χ4n) is 4.01. The van der Waals surface area contributed by atoms with E-state index in [0.717, 1.165) is 31.5 Å². The Hall–Kier alpha value is -1.29. The summed E-state index contributed by atoms with van der Waals surface area (Å²) in [7, 11) is 0. The second kappa shape index (κ2) is 5.84. The van der Waals surface area contributed by atoms with E-state index in [1.165, 1.54) is 25.3 Å². The van der Waals surface area contributed by atoms with Crippen molar-refractivity contribution in [3.05, 3.63) is 35.4 Å². The number of ketones is 1. The molecule has 2 aliphatic rings. The van der Waals surface area contributed by atoms with Gasteiger partial charge in [0.2, 0.25) is 0 Å². The summed E-state index contributed by atoms with van der Waals surface area (Å²) in [5, 5.41) is 0. The zero-order valence-corrected chi connectivity index (χ0v) is 12.3. The first-order chi connectivity index (χ1) is 10.1. The zero-order valence-electron chi connectivity index (χ0n) is 12.3. The van der Waals surface area contributed by atoms with E-state index in [-0.39, 0.29) is 17.4 Å². The van der Waals surface area contributed by atoms with Crippen molar-refractivity contribution in [3.63, 3.8) is 0 Å². The van der Waals surface area contributed by atoms with Crippen molar-refractivity contribution in [2.45, 2.75) is 51.1 Å². The van der Waals surface area contributed by atoms with Crippen LogP contribution in [-0.4, -0.2) is 29.3 Å². The van der Waals surface area contributed by atoms with Crippen molar-refractivity contribution < 1.29 is 13.6 Å². The summed E-state index contributed by atoms with van der Waals surface area (Å²) < 4.78 is 26.3. The predicted octanol–water partition coefficient (Wildman–Crippen LogP) is 3.80. The second-order valence-corrected chi connectivity index (χ2v) is 6.31. The van der Waals surface area contributed by atoms with Crippen LogP contribution in [0.5, 0.6) is 0 Å². The highest BCUT2D eigenvalue weighted by atomic mass is 19.2. The number of likely N-dealkylation sites (tertiary alicyclic amines) is 1. The highest BCUT2D eigenvalue weighted by molar-refractivity contribution is 5.99. The molecule has 0 N–H and O–H groups in total. The quantitative estimate of drug-likeness (QED) is 0.790. The van der Waals surface area contributed by atoms with Crippen molar-refractivity contribution in [3.8, 4) is 0 Å². The van der Waals surface area contributed by atoms with Crippen molar-refractivity contribution >= 4 is 5.78 Å². The van der Waals surface area contributed by atoms with Gasteiger partial charge in [-0.05, 0) is 63.3 Å². The Morgan fingerprint density at radius 2 is 1.95 bits per heavy atom. The third kappa shape index (κ3) is 2.73. The minimum Gasteiger partial charge on any atom is -0.292 e. The van der Waals surface area contributed by atoms with E-state index in [2.05, 4.69) is 4.90 Å². The maximum Gasteiger partial charge on any atom is 0.179 e. The number of benzene rings is 1. The summed E-state index contributed by atoms with van der Waals surface area (Å²) in [5.74, 6) is -1.26. The van der Waals surface area contributed by atoms with Crippen molar-refractivity contribution in [1.29, 1.82) is 0 Å². The van der Waals surface area contributed by atoms with Gasteiger partial charge in [0.1, 0.15) is 0 Å². The van der Waals surface area contributed by atoms with Crippen LogP contribution in [0.4, 0.5) is 8.78 Å². The number of halogens is 2. The first-order valence-electron chi connectivity index (χ1n) is 7.83. The molecule has 21 heavy (non-hydrogen) atoms. The summed E-state index contributed by atoms with van der Waals surface area (Å²) in [6.45, 7) is 2.82. The van der Waals surface area contributed by atoms with Gasteiger partial charge < -0.3 is 0 Å². The molecular weight excluding hydrogens is 272 g/mol. The Bertz CT molecular complexity index is 546. The number of rotatable bonds is 3. The lowest BCUT2D eigenvalue weighted by Gasteiger charge is -2.41. The number of nitrogens with zero attached hydrogens (tertiary/aromatic N) is 1. The molecule has 1 aliphatic carbocycles. The van der Waals surface area contributed by atoms with E-state index in [4.69, 9.17) is 0 Å². The number of carbonyl (C=O) groups excluding carboxylic acids is 1. The third-order valence-electron chi connectivity index (χ3n) is 5.12. The lowest BCUT2D eigenvalue weighted by atomic mass is 9.89. The molecule has 3 rings (SSSR count). The van der Waals surface area contributed by atoms with Gasteiger partial charge in [0.15, 0.2) is 17.4 Å². The minimum absolute atomic E-state index is 0.110. The molecule has 4 heteroatoms. The topological polar surface area (TPSA) is 20.3 Å². The summed E-state index contributed by atoms with van der Waals surface area (Å²) in [6, 6.07) is 3.66. The number of Topliss-reactive ketones (excluding diaryl/α,β-unsaturated/α-hetero) is 1. The monoisotopic (exact) mass is 293 g/mol. The fourth-order valence-corrected chi connectivity index (χ4v) is 4.01. The van der Waals surface area contributed by atoms with Gasteiger partial charge >= 0.3 is 0 Å². The number of hydrogen-bond acceptors (Lipinski definition) is 2. The van der Waals surface area contributed by atoms with Crippen molar-refractivity contribution in [2.24, 2.45) is 5.92 Å². The molecule has 2 fully saturated rings. The molecule has 1 aliphatic heterocycles. The van der Waals surface area contributed by atoms with Crippen LogP contribution in [0, 0.1) is 17.6 Å². The van der Waals surface area contributed by atoms with Gasteiger partial charge in [0, 0.05) is 11.6 Å². The van der Waals surface area contributed by atoms with Crippen LogP contribution < -0.4 is 0 Å². The summed E-state index contributed by atoms with van der Waals surface area (Å²) >= 11 is 0. The van der Waals surface area contributed by atoms with Gasteiger partial charge in [0.05, 0.1) is 6.04 Å². The normalized spacial score (nSPS) is 27.4. The van der Waals surface area contributed by atoms with Crippen LogP contribution in [0.1, 0.15) is 49.4 Å². The van der Waals surface area contributed by atoms with Gasteiger partial charge in [-0.1, -0.05) is 6.42 Å². The molecule has 1 saturated carbocycles. The Kier molecular flexibility index (Phi) is 4.07. The second-order valence-electron chi connectivity index (χ2n) is 6.31. The maximum atomic E-state index is 13.3. The molecule has 1 saturated heterocycles. The van der Waals surface area contributed by atoms with Crippen LogP contribution in [0.25, 0.3) is 0 Å². The van der Waals surface area contributed by atoms with Crippen LogP contribution >= 0.6 is 0 Å². The SMILES string of the molecule is CC(C(=O)c1ccc(F)c(F)c1)N1CCCC2CCCC21. The van der Waals surface area contributed by atoms with Gasteiger partial charge in [-0.3, -0.25) is 9.69 Å². The predicted molar refractivity (Wildman–Crippen MR) is 77.2 cm³/mol. The average molecular weight is 293 g/mol. The third-order valence-corrected chi connectivity index (χ3v) is 5.12. The standard InChI is InChI=1S/C17H21F2NO/c1-11(17(21)13-7-8-14(18)15(19)10-13)20-9-3-5-12-4-2-6-16(12)20/h7-8,10-12,16H,2-6,9H2,1H3. The molecule has 1 heterocycles. The molecule has 0 amide bonds.